The average molecular weight is 413 g/mol. The van der Waals surface area contributed by atoms with Gasteiger partial charge in [-0.1, -0.05) is 18.2 Å². The third-order valence-electron chi connectivity index (χ3n) is 5.91. The number of nitrogens with one attached hydrogen (secondary N) is 2. The number of benzene rings is 1. The third kappa shape index (κ3) is 4.78. The average Bonchev–Trinajstić information content (AvgIpc) is 3.37. The molecule has 7 heteroatoms. The minimum Gasteiger partial charge on any atom is -0.351 e. The normalized spacial score (nSPS) is 21.1. The number of carbonyl (C=O) groups excluding carboxylic acids is 2. The fourth-order valence-electron chi connectivity index (χ4n) is 4.28. The third-order valence-corrected chi connectivity index (χ3v) is 6.13. The Morgan fingerprint density at radius 3 is 2.76 bits per heavy atom. The molecule has 0 bridgehead atoms. The Morgan fingerprint density at radius 2 is 1.93 bits per heavy atom. The molecule has 2 aliphatic heterocycles. The van der Waals surface area contributed by atoms with Crippen LogP contribution in [0.1, 0.15) is 43.2 Å². The molecular formula is C22H28N4O2S. The largest absolute Gasteiger partial charge is 0.351 e. The maximum atomic E-state index is 13.0. The molecule has 2 N–H and O–H groups in total. The van der Waals surface area contributed by atoms with Gasteiger partial charge < -0.3 is 20.4 Å². The highest BCUT2D eigenvalue weighted by molar-refractivity contribution is 7.80. The lowest BCUT2D eigenvalue weighted by atomic mass is 10.1. The summed E-state index contributed by atoms with van der Waals surface area (Å²) in [4.78, 5) is 29.1. The van der Waals surface area contributed by atoms with Crippen molar-refractivity contribution in [1.29, 1.82) is 0 Å². The zero-order valence-electron chi connectivity index (χ0n) is 16.7. The molecule has 2 amide bonds. The topological polar surface area (TPSA) is 64.7 Å². The number of hydrogen-bond acceptors (Lipinski definition) is 3. The highest BCUT2D eigenvalue weighted by Crippen LogP contribution is 2.23. The predicted octanol–water partition coefficient (Wildman–Crippen LogP) is 2.55. The Labute approximate surface area is 177 Å². The molecule has 0 spiro atoms. The molecule has 2 heterocycles. The van der Waals surface area contributed by atoms with Gasteiger partial charge in [0.2, 0.25) is 11.8 Å². The lowest BCUT2D eigenvalue weighted by Crippen LogP contribution is -2.51. The summed E-state index contributed by atoms with van der Waals surface area (Å²) in [6.07, 6.45) is 9.92. The highest BCUT2D eigenvalue weighted by Gasteiger charge is 2.30. The first-order valence-corrected chi connectivity index (χ1v) is 10.9. The number of hydrogen-bond donors (Lipinski definition) is 2. The van der Waals surface area contributed by atoms with E-state index in [1.165, 1.54) is 11.1 Å². The number of anilines is 1. The molecule has 1 aromatic carbocycles. The second-order valence-corrected chi connectivity index (χ2v) is 8.42. The molecule has 1 aliphatic carbocycles. The molecule has 4 rings (SSSR count). The van der Waals surface area contributed by atoms with Gasteiger partial charge in [-0.25, -0.2) is 0 Å². The van der Waals surface area contributed by atoms with Crippen molar-refractivity contribution in [3.05, 3.63) is 35.4 Å². The van der Waals surface area contributed by atoms with Gasteiger partial charge in [0.1, 0.15) is 6.04 Å². The summed E-state index contributed by atoms with van der Waals surface area (Å²) in [6.45, 7) is 2.43. The van der Waals surface area contributed by atoms with Crippen molar-refractivity contribution in [2.75, 3.05) is 31.5 Å². The van der Waals surface area contributed by atoms with Gasteiger partial charge in [-0.05, 0) is 74.0 Å². The monoisotopic (exact) mass is 412 g/mol. The van der Waals surface area contributed by atoms with Gasteiger partial charge in [-0.3, -0.25) is 9.59 Å². The van der Waals surface area contributed by atoms with Gasteiger partial charge in [-0.2, -0.15) is 0 Å². The number of nitrogens with zero attached hydrogens (tertiary/aromatic N) is 2. The van der Waals surface area contributed by atoms with Crippen molar-refractivity contribution in [3.8, 4) is 0 Å². The molecule has 2 fully saturated rings. The second kappa shape index (κ2) is 8.95. The molecule has 0 saturated carbocycles. The van der Waals surface area contributed by atoms with Crippen LogP contribution in [-0.2, 0) is 16.0 Å². The van der Waals surface area contributed by atoms with Crippen LogP contribution in [0.25, 0.3) is 6.08 Å². The van der Waals surface area contributed by atoms with E-state index in [0.717, 1.165) is 57.3 Å². The van der Waals surface area contributed by atoms with Gasteiger partial charge >= 0.3 is 0 Å². The van der Waals surface area contributed by atoms with Crippen LogP contribution in [-0.4, -0.2) is 58.9 Å². The van der Waals surface area contributed by atoms with Gasteiger partial charge in [0.25, 0.3) is 0 Å². The number of thiocarbonyl (C=S) groups is 1. The van der Waals surface area contributed by atoms with Crippen LogP contribution >= 0.6 is 12.2 Å². The quantitative estimate of drug-likeness (QED) is 0.744. The van der Waals surface area contributed by atoms with E-state index in [0.29, 0.717) is 11.7 Å². The number of rotatable bonds is 4. The second-order valence-electron chi connectivity index (χ2n) is 8.01. The summed E-state index contributed by atoms with van der Waals surface area (Å²) in [6, 6.07) is 5.79. The first-order chi connectivity index (χ1) is 14.1. The van der Waals surface area contributed by atoms with E-state index in [1.807, 2.05) is 11.0 Å². The van der Waals surface area contributed by atoms with E-state index < -0.39 is 6.04 Å². The fraction of sp³-hybridized carbons (Fsp3) is 0.500. The van der Waals surface area contributed by atoms with E-state index in [-0.39, 0.29) is 18.4 Å². The van der Waals surface area contributed by atoms with Crippen LogP contribution < -0.4 is 10.6 Å². The number of allylic oxidation sites excluding steroid dienone is 1. The van der Waals surface area contributed by atoms with Crippen LogP contribution in [0.4, 0.5) is 5.69 Å². The number of carbonyl (C=O) groups is 2. The smallest absolute Gasteiger partial charge is 0.245 e. The zero-order chi connectivity index (χ0) is 20.2. The number of likely N-dealkylation sites (tertiary alicyclic amines) is 2. The maximum absolute atomic E-state index is 13.0. The zero-order valence-corrected chi connectivity index (χ0v) is 17.5. The molecule has 1 unspecified atom stereocenters. The lowest BCUT2D eigenvalue weighted by molar-refractivity contribution is -0.140. The Morgan fingerprint density at radius 1 is 1.14 bits per heavy atom. The summed E-state index contributed by atoms with van der Waals surface area (Å²) in [5.74, 6) is 0.0273. The standard InChI is InChI=1S/C22H28N4O2S/c27-20(25-11-3-4-12-25)15-26-13-2-1-8-19(21(26)28)24-22(29)23-18-10-9-16-6-5-7-17(16)14-18/h5,7,9-10,14,19H,1-4,6,8,11-13,15H2,(H2,23,24,29). The SMILES string of the molecule is O=C(CN1CCCCC(NC(=S)Nc2ccc3c(c2)C=CC3)C1=O)N1CCCC1. The lowest BCUT2D eigenvalue weighted by Gasteiger charge is -2.27. The minimum absolute atomic E-state index is 0.0314. The Balaban J connectivity index is 1.35. The molecule has 154 valence electrons. The van der Waals surface area contributed by atoms with E-state index >= 15 is 0 Å². The molecule has 0 aromatic heterocycles. The van der Waals surface area contributed by atoms with Crippen molar-refractivity contribution < 1.29 is 9.59 Å². The molecule has 0 radical (unpaired) electrons. The molecular weight excluding hydrogens is 384 g/mol. The Hall–Kier alpha value is -2.41. The van der Waals surface area contributed by atoms with Gasteiger partial charge in [-0.15, -0.1) is 0 Å². The van der Waals surface area contributed by atoms with Crippen LogP contribution in [0.5, 0.6) is 0 Å². The number of fused-ring (bicyclic) bond motifs is 1. The van der Waals surface area contributed by atoms with Crippen molar-refractivity contribution >= 4 is 40.9 Å². The van der Waals surface area contributed by atoms with Crippen molar-refractivity contribution in [2.24, 2.45) is 0 Å². The predicted molar refractivity (Wildman–Crippen MR) is 119 cm³/mol. The molecule has 2 saturated heterocycles. The first-order valence-electron chi connectivity index (χ1n) is 10.5. The van der Waals surface area contributed by atoms with Gasteiger partial charge in [0.15, 0.2) is 5.11 Å². The van der Waals surface area contributed by atoms with Crippen LogP contribution in [0.3, 0.4) is 0 Å². The van der Waals surface area contributed by atoms with Gasteiger partial charge in [0, 0.05) is 25.3 Å². The van der Waals surface area contributed by atoms with E-state index in [9.17, 15) is 9.59 Å². The van der Waals surface area contributed by atoms with E-state index in [1.54, 1.807) is 4.90 Å². The molecule has 1 atom stereocenters. The minimum atomic E-state index is -0.391. The van der Waals surface area contributed by atoms with Crippen LogP contribution in [0.15, 0.2) is 24.3 Å². The van der Waals surface area contributed by atoms with Crippen molar-refractivity contribution in [2.45, 2.75) is 44.6 Å². The Bertz CT molecular complexity index is 832. The van der Waals surface area contributed by atoms with Gasteiger partial charge in [0.05, 0.1) is 6.54 Å². The summed E-state index contributed by atoms with van der Waals surface area (Å²) in [5, 5.41) is 6.83. The Kier molecular flexibility index (Phi) is 6.13. The van der Waals surface area contributed by atoms with E-state index in [4.69, 9.17) is 12.2 Å². The molecule has 6 nitrogen and oxygen atoms in total. The summed E-state index contributed by atoms with van der Waals surface area (Å²) >= 11 is 5.47. The van der Waals surface area contributed by atoms with Crippen molar-refractivity contribution in [1.82, 2.24) is 15.1 Å². The highest BCUT2D eigenvalue weighted by atomic mass is 32.1. The first kappa shape index (κ1) is 19.9. The van der Waals surface area contributed by atoms with E-state index in [2.05, 4.69) is 34.9 Å². The molecule has 3 aliphatic rings. The van der Waals surface area contributed by atoms with Crippen LogP contribution in [0, 0.1) is 0 Å². The molecule has 29 heavy (non-hydrogen) atoms. The van der Waals surface area contributed by atoms with Crippen LogP contribution in [0.2, 0.25) is 0 Å². The summed E-state index contributed by atoms with van der Waals surface area (Å²) in [5.41, 5.74) is 3.43. The fourth-order valence-corrected chi connectivity index (χ4v) is 4.54. The number of amides is 2. The summed E-state index contributed by atoms with van der Waals surface area (Å²) < 4.78 is 0. The molecule has 1 aromatic rings. The van der Waals surface area contributed by atoms with Crippen molar-refractivity contribution in [3.63, 3.8) is 0 Å². The maximum Gasteiger partial charge on any atom is 0.245 e. The summed E-state index contributed by atoms with van der Waals surface area (Å²) in [7, 11) is 0.